The molecule has 1 aromatic rings. The predicted octanol–water partition coefficient (Wildman–Crippen LogP) is 5.50. The highest BCUT2D eigenvalue weighted by Gasteiger charge is 2.59. The Labute approximate surface area is 196 Å². The summed E-state index contributed by atoms with van der Waals surface area (Å²) >= 11 is 1.63. The van der Waals surface area contributed by atoms with Crippen LogP contribution in [0.1, 0.15) is 77.5 Å². The van der Waals surface area contributed by atoms with E-state index in [0.29, 0.717) is 16.9 Å². The minimum Gasteiger partial charge on any atom is -0.342 e. The highest BCUT2D eigenvalue weighted by atomic mass is 32.1. The minimum absolute atomic E-state index is 0.119. The van der Waals surface area contributed by atoms with Crippen LogP contribution >= 0.6 is 11.3 Å². The average molecular weight is 455 g/mol. The van der Waals surface area contributed by atoms with Crippen molar-refractivity contribution in [3.63, 3.8) is 0 Å². The fraction of sp³-hybridized carbons (Fsp3) is 0.704. The van der Waals surface area contributed by atoms with Crippen LogP contribution in [0, 0.1) is 28.6 Å². The smallest absolute Gasteiger partial charge is 0.259 e. The summed E-state index contributed by atoms with van der Waals surface area (Å²) in [5, 5.41) is 5.19. The second kappa shape index (κ2) is 7.44. The van der Waals surface area contributed by atoms with E-state index in [4.69, 9.17) is 0 Å². The van der Waals surface area contributed by atoms with Crippen molar-refractivity contribution in [2.75, 3.05) is 7.05 Å². The molecule has 0 saturated heterocycles. The van der Waals surface area contributed by atoms with Gasteiger partial charge in [0.25, 0.3) is 11.8 Å². The molecular formula is C27H38N2O2S. The molecule has 3 aliphatic carbocycles. The minimum atomic E-state index is -0.506. The van der Waals surface area contributed by atoms with Crippen LogP contribution in [0.3, 0.4) is 0 Å². The normalized spacial score (nSPS) is 39.1. The Balaban J connectivity index is 1.47. The first-order chi connectivity index (χ1) is 15.1. The Hall–Kier alpha value is -1.62. The first-order valence-electron chi connectivity index (χ1n) is 12.4. The lowest BCUT2D eigenvalue weighted by Gasteiger charge is -2.60. The van der Waals surface area contributed by atoms with Crippen molar-refractivity contribution in [2.45, 2.75) is 84.2 Å². The third-order valence-electron chi connectivity index (χ3n) is 9.79. The maximum atomic E-state index is 13.5. The molecule has 0 radical (unpaired) electrons. The van der Waals surface area contributed by atoms with E-state index in [1.165, 1.54) is 38.5 Å². The van der Waals surface area contributed by atoms with Gasteiger partial charge in [0.05, 0.1) is 5.54 Å². The summed E-state index contributed by atoms with van der Waals surface area (Å²) in [7, 11) is 1.92. The van der Waals surface area contributed by atoms with Crippen LogP contribution in [0.25, 0.3) is 0 Å². The van der Waals surface area contributed by atoms with Crippen molar-refractivity contribution in [3.05, 3.63) is 34.0 Å². The predicted molar refractivity (Wildman–Crippen MR) is 129 cm³/mol. The number of nitrogens with one attached hydrogen (secondary N) is 1. The highest BCUT2D eigenvalue weighted by Crippen LogP contribution is 2.64. The quantitative estimate of drug-likeness (QED) is 0.613. The number of amides is 2. The van der Waals surface area contributed by atoms with Crippen molar-refractivity contribution in [1.29, 1.82) is 0 Å². The van der Waals surface area contributed by atoms with E-state index in [0.717, 1.165) is 23.1 Å². The first-order valence-corrected chi connectivity index (χ1v) is 13.3. The van der Waals surface area contributed by atoms with Gasteiger partial charge in [-0.05, 0) is 87.0 Å². The molecule has 1 N–H and O–H groups in total. The van der Waals surface area contributed by atoms with Crippen LogP contribution in [0.5, 0.6) is 0 Å². The van der Waals surface area contributed by atoms with Gasteiger partial charge >= 0.3 is 0 Å². The molecule has 1 unspecified atom stereocenters. The molecule has 4 aliphatic rings. The monoisotopic (exact) mass is 454 g/mol. The summed E-state index contributed by atoms with van der Waals surface area (Å²) in [5.41, 5.74) is 0.218. The van der Waals surface area contributed by atoms with Gasteiger partial charge in [-0.25, -0.2) is 0 Å². The number of likely N-dealkylation sites (N-methyl/N-ethyl adjacent to an activating group) is 1. The van der Waals surface area contributed by atoms with Gasteiger partial charge in [0.2, 0.25) is 0 Å². The number of rotatable bonds is 3. The van der Waals surface area contributed by atoms with Gasteiger partial charge in [0.1, 0.15) is 5.57 Å². The fourth-order valence-corrected chi connectivity index (χ4v) is 8.90. The summed E-state index contributed by atoms with van der Waals surface area (Å²) < 4.78 is 0. The number of hydrogen-bond donors (Lipinski definition) is 1. The Morgan fingerprint density at radius 2 is 1.94 bits per heavy atom. The molecule has 3 fully saturated rings. The maximum absolute atomic E-state index is 13.5. The largest absolute Gasteiger partial charge is 0.342 e. The van der Waals surface area contributed by atoms with Crippen LogP contribution in [0.4, 0.5) is 0 Å². The van der Waals surface area contributed by atoms with E-state index < -0.39 is 5.54 Å². The molecule has 174 valence electrons. The van der Waals surface area contributed by atoms with Crippen molar-refractivity contribution in [2.24, 2.45) is 28.6 Å². The van der Waals surface area contributed by atoms with E-state index in [-0.39, 0.29) is 23.3 Å². The SMILES string of the molecule is CN1C(=O)C(C(=O)NC(C)(C)c2cccs2)=C[C@@]2(C)C1CC[C@@H]1[C@H]2CC[C@]2(C)CCC[C@@H]12. The maximum Gasteiger partial charge on any atom is 0.259 e. The second-order valence-corrected chi connectivity index (χ2v) is 12.9. The zero-order chi connectivity index (χ0) is 22.9. The number of hydrogen-bond acceptors (Lipinski definition) is 3. The molecule has 1 aliphatic heterocycles. The number of nitrogens with zero attached hydrogens (tertiary/aromatic N) is 1. The Bertz CT molecular complexity index is 951. The number of carbonyl (C=O) groups is 2. The van der Waals surface area contributed by atoms with Crippen LogP contribution < -0.4 is 5.32 Å². The van der Waals surface area contributed by atoms with Gasteiger partial charge in [0, 0.05) is 23.4 Å². The van der Waals surface area contributed by atoms with E-state index in [1.807, 2.05) is 43.3 Å². The molecule has 2 heterocycles. The Morgan fingerprint density at radius 3 is 2.66 bits per heavy atom. The van der Waals surface area contributed by atoms with Gasteiger partial charge in [-0.15, -0.1) is 11.3 Å². The molecule has 3 saturated carbocycles. The summed E-state index contributed by atoms with van der Waals surface area (Å²) in [4.78, 5) is 29.8. The average Bonchev–Trinajstić information content (AvgIpc) is 3.40. The molecule has 2 amide bonds. The Morgan fingerprint density at radius 1 is 1.16 bits per heavy atom. The molecule has 5 heteroatoms. The van der Waals surface area contributed by atoms with Crippen molar-refractivity contribution in [3.8, 4) is 0 Å². The number of thiophene rings is 1. The van der Waals surface area contributed by atoms with Crippen LogP contribution in [-0.4, -0.2) is 29.8 Å². The zero-order valence-corrected chi connectivity index (χ0v) is 21.1. The van der Waals surface area contributed by atoms with Gasteiger partial charge in [-0.3, -0.25) is 9.59 Å². The summed E-state index contributed by atoms with van der Waals surface area (Å²) in [6.07, 6.45) is 11.0. The third kappa shape index (κ3) is 3.21. The molecule has 4 nitrogen and oxygen atoms in total. The summed E-state index contributed by atoms with van der Waals surface area (Å²) in [5.74, 6) is 1.74. The molecule has 5 rings (SSSR count). The van der Waals surface area contributed by atoms with Crippen LogP contribution in [-0.2, 0) is 15.1 Å². The molecule has 0 spiro atoms. The molecule has 0 bridgehead atoms. The van der Waals surface area contributed by atoms with Gasteiger partial charge in [-0.1, -0.05) is 32.4 Å². The lowest BCUT2D eigenvalue weighted by molar-refractivity contribution is -0.142. The van der Waals surface area contributed by atoms with E-state index >= 15 is 0 Å². The van der Waals surface area contributed by atoms with E-state index in [9.17, 15) is 9.59 Å². The Kier molecular flexibility index (Phi) is 5.16. The fourth-order valence-electron chi connectivity index (χ4n) is 8.09. The lowest BCUT2D eigenvalue weighted by atomic mass is 9.48. The molecular weight excluding hydrogens is 416 g/mol. The van der Waals surface area contributed by atoms with Crippen LogP contribution in [0.15, 0.2) is 29.2 Å². The van der Waals surface area contributed by atoms with Crippen molar-refractivity contribution < 1.29 is 9.59 Å². The van der Waals surface area contributed by atoms with Crippen molar-refractivity contribution >= 4 is 23.2 Å². The van der Waals surface area contributed by atoms with Gasteiger partial charge in [-0.2, -0.15) is 0 Å². The first kappa shape index (κ1) is 22.2. The molecule has 6 atom stereocenters. The molecule has 1 aromatic heterocycles. The standard InChI is InChI=1S/C27H38N2O2S/c1-25(2,22-9-7-15-32-22)28-23(30)18-16-27(4)20-12-14-26(3)13-6-8-19(26)17(20)10-11-21(27)29(5)24(18)31/h7,9,15-17,19-21H,6,8,10-14H2,1-5H3,(H,28,30)/t17-,19-,20+,21?,26-,27+/m0/s1. The van der Waals surface area contributed by atoms with Crippen molar-refractivity contribution in [1.82, 2.24) is 10.2 Å². The number of carbonyl (C=O) groups excluding carboxylic acids is 2. The number of fused-ring (bicyclic) bond motifs is 5. The summed E-state index contributed by atoms with van der Waals surface area (Å²) in [6.45, 7) is 8.88. The lowest BCUT2D eigenvalue weighted by Crippen LogP contribution is -2.61. The molecule has 0 aromatic carbocycles. The van der Waals surface area contributed by atoms with Gasteiger partial charge in [0.15, 0.2) is 0 Å². The second-order valence-electron chi connectivity index (χ2n) is 12.0. The van der Waals surface area contributed by atoms with Gasteiger partial charge < -0.3 is 10.2 Å². The third-order valence-corrected chi connectivity index (χ3v) is 11.0. The topological polar surface area (TPSA) is 49.4 Å². The van der Waals surface area contributed by atoms with E-state index in [2.05, 4.69) is 25.2 Å². The zero-order valence-electron chi connectivity index (χ0n) is 20.2. The summed E-state index contributed by atoms with van der Waals surface area (Å²) in [6, 6.07) is 4.24. The highest BCUT2D eigenvalue weighted by molar-refractivity contribution is 7.10. The molecule has 32 heavy (non-hydrogen) atoms. The van der Waals surface area contributed by atoms with E-state index in [1.54, 1.807) is 11.3 Å². The van der Waals surface area contributed by atoms with Crippen LogP contribution in [0.2, 0.25) is 0 Å².